The number of nitrogens with zero attached hydrogens (tertiary/aromatic N) is 2. The number of benzene rings is 5. The summed E-state index contributed by atoms with van der Waals surface area (Å²) in [6, 6.07) is 47.2. The molecule has 3 heteroatoms. The van der Waals surface area contributed by atoms with Crippen molar-refractivity contribution in [2.75, 3.05) is 0 Å². The molecule has 0 radical (unpaired) electrons. The van der Waals surface area contributed by atoms with Crippen LogP contribution >= 0.6 is 0 Å². The summed E-state index contributed by atoms with van der Waals surface area (Å²) in [7, 11) is 0. The minimum Gasteiger partial charge on any atom is -0.302 e. The number of aliphatic imine (C=N–C) groups is 2. The maximum absolute atomic E-state index is 4.71. The van der Waals surface area contributed by atoms with Crippen LogP contribution in [0.2, 0.25) is 0 Å². The third-order valence-electron chi connectivity index (χ3n) is 5.43. The zero-order valence-corrected chi connectivity index (χ0v) is 20.5. The number of para-hydroxylation sites is 2. The van der Waals surface area contributed by atoms with Crippen molar-refractivity contribution < 1.29 is 20.4 Å². The van der Waals surface area contributed by atoms with Crippen molar-refractivity contribution in [1.82, 2.24) is 0 Å². The van der Waals surface area contributed by atoms with Crippen LogP contribution in [-0.2, 0) is 20.4 Å². The van der Waals surface area contributed by atoms with Gasteiger partial charge in [-0.15, -0.1) is 70.8 Å². The topological polar surface area (TPSA) is 24.7 Å². The molecule has 5 aromatic carbocycles. The maximum atomic E-state index is 4.71. The van der Waals surface area contributed by atoms with Gasteiger partial charge in [0.2, 0.25) is 0 Å². The molecule has 0 aliphatic heterocycles. The standard InChI is InChI=1S/C32H22N2.Pd/c1-3-13-27(14-4-1)29-17-9-11-25(21-29)23-33-31-19-7-8-20-32(31)34-24-26-12-10-18-30(22-26)28-15-5-2-6-16-28;/h1-10,13-24H;/q-2;+2. The van der Waals surface area contributed by atoms with Crippen LogP contribution in [0.5, 0.6) is 0 Å². The SMILES string of the molecule is [Pd+2].[c-]1ccc(-c2ccccc2)cc1C=Nc1ccccc1N=Cc1[c-]ccc(-c2ccccc2)c1. The molecule has 0 amide bonds. The molecule has 0 spiro atoms. The van der Waals surface area contributed by atoms with Gasteiger partial charge in [0.05, 0.1) is 11.4 Å². The average Bonchev–Trinajstić information content (AvgIpc) is 2.92. The van der Waals surface area contributed by atoms with E-state index in [9.17, 15) is 0 Å². The number of hydrogen-bond donors (Lipinski definition) is 0. The first-order chi connectivity index (χ1) is 16.8. The second-order valence-corrected chi connectivity index (χ2v) is 7.80. The fraction of sp³-hybridized carbons (Fsp3) is 0. The van der Waals surface area contributed by atoms with Crippen LogP contribution in [0.15, 0.2) is 131 Å². The van der Waals surface area contributed by atoms with Gasteiger partial charge in [-0.3, -0.25) is 0 Å². The van der Waals surface area contributed by atoms with Gasteiger partial charge in [-0.1, -0.05) is 72.8 Å². The second kappa shape index (κ2) is 12.0. The van der Waals surface area contributed by atoms with Gasteiger partial charge in [-0.25, -0.2) is 0 Å². The molecule has 0 fully saturated rings. The van der Waals surface area contributed by atoms with Crippen molar-refractivity contribution in [3.8, 4) is 22.3 Å². The third-order valence-corrected chi connectivity index (χ3v) is 5.43. The molecule has 0 aliphatic carbocycles. The number of rotatable bonds is 6. The molecule has 0 atom stereocenters. The van der Waals surface area contributed by atoms with Crippen LogP contribution in [0.25, 0.3) is 22.3 Å². The summed E-state index contributed by atoms with van der Waals surface area (Å²) < 4.78 is 0. The molecule has 0 saturated heterocycles. The predicted octanol–water partition coefficient (Wildman–Crippen LogP) is 8.12. The summed E-state index contributed by atoms with van der Waals surface area (Å²) in [5.74, 6) is 0. The first kappa shape index (κ1) is 24.2. The number of hydrogen-bond acceptors (Lipinski definition) is 2. The van der Waals surface area contributed by atoms with Crippen LogP contribution in [-0.4, -0.2) is 12.4 Å². The molecule has 0 heterocycles. The van der Waals surface area contributed by atoms with Crippen LogP contribution < -0.4 is 0 Å². The van der Waals surface area contributed by atoms with Gasteiger partial charge in [-0.2, -0.15) is 0 Å². The van der Waals surface area contributed by atoms with Crippen molar-refractivity contribution in [2.45, 2.75) is 0 Å². The quantitative estimate of drug-likeness (QED) is 0.118. The van der Waals surface area contributed by atoms with Crippen molar-refractivity contribution in [2.24, 2.45) is 9.98 Å². The van der Waals surface area contributed by atoms with Gasteiger partial charge in [-0.05, 0) is 35.7 Å². The summed E-state index contributed by atoms with van der Waals surface area (Å²) in [6.07, 6.45) is 3.67. The average molecular weight is 541 g/mol. The third kappa shape index (κ3) is 6.37. The fourth-order valence-electron chi connectivity index (χ4n) is 3.70. The van der Waals surface area contributed by atoms with E-state index in [-0.39, 0.29) is 20.4 Å². The normalized spacial score (nSPS) is 11.0. The fourth-order valence-corrected chi connectivity index (χ4v) is 3.70. The molecule has 170 valence electrons. The molecule has 0 aromatic heterocycles. The van der Waals surface area contributed by atoms with E-state index in [0.717, 1.165) is 33.6 Å². The Bertz CT molecular complexity index is 1330. The Morgan fingerprint density at radius 3 is 1.29 bits per heavy atom. The van der Waals surface area contributed by atoms with Crippen molar-refractivity contribution >= 4 is 23.8 Å². The van der Waals surface area contributed by atoms with Gasteiger partial charge < -0.3 is 9.98 Å². The maximum Gasteiger partial charge on any atom is 2.00 e. The zero-order valence-electron chi connectivity index (χ0n) is 18.9. The monoisotopic (exact) mass is 540 g/mol. The van der Waals surface area contributed by atoms with E-state index < -0.39 is 0 Å². The minimum absolute atomic E-state index is 0. The molecule has 0 N–H and O–H groups in total. The van der Waals surface area contributed by atoms with E-state index in [2.05, 4.69) is 60.7 Å². The van der Waals surface area contributed by atoms with Gasteiger partial charge >= 0.3 is 20.4 Å². The van der Waals surface area contributed by atoms with Crippen LogP contribution in [0.4, 0.5) is 11.4 Å². The van der Waals surface area contributed by atoms with Crippen molar-refractivity contribution in [3.63, 3.8) is 0 Å². The summed E-state index contributed by atoms with van der Waals surface area (Å²) in [5.41, 5.74) is 8.07. The van der Waals surface area contributed by atoms with Crippen LogP contribution in [0, 0.1) is 12.1 Å². The summed E-state index contributed by atoms with van der Waals surface area (Å²) in [4.78, 5) is 9.42. The van der Waals surface area contributed by atoms with Gasteiger partial charge in [0.25, 0.3) is 0 Å². The van der Waals surface area contributed by atoms with Gasteiger partial charge in [0.1, 0.15) is 0 Å². The van der Waals surface area contributed by atoms with E-state index in [4.69, 9.17) is 9.98 Å². The smallest absolute Gasteiger partial charge is 0.302 e. The molecule has 0 bridgehead atoms. The van der Waals surface area contributed by atoms with Gasteiger partial charge in [0, 0.05) is 0 Å². The van der Waals surface area contributed by atoms with Crippen molar-refractivity contribution in [1.29, 1.82) is 0 Å². The Kier molecular flexibility index (Phi) is 8.31. The Morgan fingerprint density at radius 1 is 0.457 bits per heavy atom. The molecular weight excluding hydrogens is 519 g/mol. The van der Waals surface area contributed by atoms with Crippen LogP contribution in [0.3, 0.4) is 0 Å². The van der Waals surface area contributed by atoms with Gasteiger partial charge in [0.15, 0.2) is 0 Å². The molecule has 0 aliphatic rings. The molecular formula is C32H22N2Pd. The summed E-state index contributed by atoms with van der Waals surface area (Å²) >= 11 is 0. The molecule has 5 rings (SSSR count). The van der Waals surface area contributed by atoms with Crippen LogP contribution in [0.1, 0.15) is 11.1 Å². The van der Waals surface area contributed by atoms with Crippen molar-refractivity contribution in [3.05, 3.63) is 145 Å². The van der Waals surface area contributed by atoms with E-state index in [1.54, 1.807) is 0 Å². The van der Waals surface area contributed by atoms with E-state index in [1.807, 2.05) is 85.2 Å². The summed E-state index contributed by atoms with van der Waals surface area (Å²) in [6.45, 7) is 0. The Hall–Kier alpha value is -3.90. The largest absolute Gasteiger partial charge is 2.00 e. The summed E-state index contributed by atoms with van der Waals surface area (Å²) in [5, 5.41) is 0. The Balaban J connectivity index is 0.00000289. The molecule has 0 unspecified atom stereocenters. The molecule has 0 saturated carbocycles. The van der Waals surface area contributed by atoms with E-state index in [0.29, 0.717) is 0 Å². The molecule has 35 heavy (non-hydrogen) atoms. The first-order valence-electron chi connectivity index (χ1n) is 11.2. The molecule has 5 aromatic rings. The zero-order chi connectivity index (χ0) is 23.0. The molecule has 2 nitrogen and oxygen atoms in total. The van der Waals surface area contributed by atoms with E-state index >= 15 is 0 Å². The minimum atomic E-state index is 0. The first-order valence-corrected chi connectivity index (χ1v) is 11.2. The Labute approximate surface area is 220 Å². The van der Waals surface area contributed by atoms with E-state index in [1.165, 1.54) is 11.1 Å². The second-order valence-electron chi connectivity index (χ2n) is 7.80. The Morgan fingerprint density at radius 2 is 0.857 bits per heavy atom. The predicted molar refractivity (Wildman–Crippen MR) is 142 cm³/mol.